The van der Waals surface area contributed by atoms with Crippen molar-refractivity contribution >= 4 is 17.9 Å². The summed E-state index contributed by atoms with van der Waals surface area (Å²) in [5, 5.41) is 0. The van der Waals surface area contributed by atoms with E-state index in [0.29, 0.717) is 12.8 Å². The Morgan fingerprint density at radius 2 is 0.532 bits per heavy atom. The molecule has 0 bridgehead atoms. The highest BCUT2D eigenvalue weighted by Gasteiger charge is 2.19. The Balaban J connectivity index is 4.29. The molecule has 6 nitrogen and oxygen atoms in total. The Morgan fingerprint density at radius 1 is 0.278 bits per heavy atom. The van der Waals surface area contributed by atoms with Gasteiger partial charge >= 0.3 is 17.9 Å². The van der Waals surface area contributed by atoms with Crippen LogP contribution in [0.2, 0.25) is 0 Å². The van der Waals surface area contributed by atoms with Crippen molar-refractivity contribution in [3.63, 3.8) is 0 Å². The minimum atomic E-state index is -0.837. The van der Waals surface area contributed by atoms with Crippen molar-refractivity contribution in [1.29, 1.82) is 0 Å². The Morgan fingerprint density at radius 3 is 0.835 bits per heavy atom. The van der Waals surface area contributed by atoms with E-state index in [4.69, 9.17) is 14.2 Å². The summed E-state index contributed by atoms with van der Waals surface area (Å²) in [4.78, 5) is 38.2. The second kappa shape index (κ2) is 65.8. The molecular formula is C73H118O6. The quantitative estimate of drug-likeness (QED) is 0.0261. The van der Waals surface area contributed by atoms with Gasteiger partial charge in [0.15, 0.2) is 6.10 Å². The fraction of sp³-hybridized carbons (Fsp3) is 0.630. The third-order valence-corrected chi connectivity index (χ3v) is 13.4. The standard InChI is InChI=1S/C73H118O6/c1-4-7-10-13-16-19-22-25-27-28-29-30-31-32-33-34-35-36-37-38-39-40-41-42-43-44-46-48-51-54-57-60-63-66-72(75)78-69-70(68-77-71(74)65-62-59-56-53-50-47-24-21-18-15-12-9-6-3)79-73(76)67-64-61-58-55-52-49-45-26-23-20-17-14-11-8-5-2/h7-8,10-11,16-17,19-20,25-27,29-30,32-33,35-36,38-39,45,52,55,61,64,70H,4-6,9,12-15,18,21-24,28,31,34,37,40-44,46-51,53-54,56-60,62-63,65-69H2,1-3H3/b10-7-,11-8-,19-16-,20-17-,27-25-,30-29-,33-32-,36-35-,39-38-,45-26-,55-52-,64-61-. The SMILES string of the molecule is CC/C=C\C/C=C\C/C=C\C/C=C\C/C=C\C/C=C\C/C=C\CCCCCCCCCCCCCC(=O)OCC(COC(=O)CCCCCCCCCCCCCCC)OC(=O)C/C=C\C/C=C\C/C=C\C/C=C\C/C=C\CC. The summed E-state index contributed by atoms with van der Waals surface area (Å²) in [7, 11) is 0. The number of unbranched alkanes of at least 4 members (excludes halogenated alkanes) is 23. The Labute approximate surface area is 487 Å². The van der Waals surface area contributed by atoms with Crippen molar-refractivity contribution in [2.75, 3.05) is 13.2 Å². The van der Waals surface area contributed by atoms with E-state index >= 15 is 0 Å². The van der Waals surface area contributed by atoms with Gasteiger partial charge in [0.25, 0.3) is 0 Å². The number of hydrogen-bond acceptors (Lipinski definition) is 6. The minimum absolute atomic E-state index is 0.0933. The summed E-state index contributed by atoms with van der Waals surface area (Å²) in [5.74, 6) is -1.05. The summed E-state index contributed by atoms with van der Waals surface area (Å²) >= 11 is 0. The fourth-order valence-corrected chi connectivity index (χ4v) is 8.62. The summed E-state index contributed by atoms with van der Waals surface area (Å²) in [6, 6.07) is 0. The smallest absolute Gasteiger partial charge is 0.310 e. The normalized spacial score (nSPS) is 13.1. The van der Waals surface area contributed by atoms with Gasteiger partial charge in [0.05, 0.1) is 6.42 Å². The summed E-state index contributed by atoms with van der Waals surface area (Å²) in [5.41, 5.74) is 0. The number of rotatable bonds is 57. The molecule has 0 saturated heterocycles. The molecule has 0 aromatic heterocycles. The molecule has 6 heteroatoms. The average Bonchev–Trinajstić information content (AvgIpc) is 3.45. The number of ether oxygens (including phenoxy) is 3. The molecule has 1 atom stereocenters. The molecule has 0 aromatic rings. The molecule has 0 saturated carbocycles. The lowest BCUT2D eigenvalue weighted by molar-refractivity contribution is -0.166. The zero-order chi connectivity index (χ0) is 57.1. The zero-order valence-electron chi connectivity index (χ0n) is 51.1. The van der Waals surface area contributed by atoms with Gasteiger partial charge < -0.3 is 14.2 Å². The molecule has 0 N–H and O–H groups in total. The maximum atomic E-state index is 12.8. The van der Waals surface area contributed by atoms with Crippen LogP contribution in [0.25, 0.3) is 0 Å². The molecule has 79 heavy (non-hydrogen) atoms. The van der Waals surface area contributed by atoms with E-state index in [1.54, 1.807) is 6.08 Å². The van der Waals surface area contributed by atoms with E-state index < -0.39 is 12.1 Å². The summed E-state index contributed by atoms with van der Waals surface area (Å²) < 4.78 is 16.8. The molecule has 446 valence electrons. The van der Waals surface area contributed by atoms with Crippen LogP contribution in [0.1, 0.15) is 278 Å². The number of hydrogen-bond donors (Lipinski definition) is 0. The van der Waals surface area contributed by atoms with E-state index in [1.807, 2.05) is 6.08 Å². The first-order chi connectivity index (χ1) is 39.0. The molecule has 1 unspecified atom stereocenters. The average molecular weight is 1090 g/mol. The highest BCUT2D eigenvalue weighted by atomic mass is 16.6. The first kappa shape index (κ1) is 74.3. The molecule has 0 amide bonds. The Bertz CT molecular complexity index is 1730. The third-order valence-electron chi connectivity index (χ3n) is 13.4. The molecule has 0 radical (unpaired) electrons. The van der Waals surface area contributed by atoms with Crippen molar-refractivity contribution in [1.82, 2.24) is 0 Å². The topological polar surface area (TPSA) is 78.9 Å². The molecular weight excluding hydrogens is 973 g/mol. The van der Waals surface area contributed by atoms with Gasteiger partial charge in [0.1, 0.15) is 13.2 Å². The van der Waals surface area contributed by atoms with E-state index in [9.17, 15) is 14.4 Å². The number of carbonyl (C=O) groups excluding carboxylic acids is 3. The van der Waals surface area contributed by atoms with Crippen LogP contribution in [0.5, 0.6) is 0 Å². The van der Waals surface area contributed by atoms with E-state index in [0.717, 1.165) is 116 Å². The van der Waals surface area contributed by atoms with Gasteiger partial charge in [-0.3, -0.25) is 14.4 Å². The van der Waals surface area contributed by atoms with Crippen molar-refractivity contribution in [2.45, 2.75) is 284 Å². The predicted molar refractivity (Wildman–Crippen MR) is 343 cm³/mol. The van der Waals surface area contributed by atoms with Crippen LogP contribution in [0, 0.1) is 0 Å². The van der Waals surface area contributed by atoms with Crippen molar-refractivity contribution in [3.05, 3.63) is 146 Å². The van der Waals surface area contributed by atoms with E-state index in [-0.39, 0.29) is 31.6 Å². The molecule has 0 aliphatic heterocycles. The van der Waals surface area contributed by atoms with Crippen molar-refractivity contribution in [2.24, 2.45) is 0 Å². The highest BCUT2D eigenvalue weighted by Crippen LogP contribution is 2.16. The number of allylic oxidation sites excluding steroid dienone is 23. The molecule has 0 heterocycles. The molecule has 0 fully saturated rings. The molecule has 0 aliphatic rings. The van der Waals surface area contributed by atoms with Crippen LogP contribution in [0.3, 0.4) is 0 Å². The number of carbonyl (C=O) groups is 3. The maximum Gasteiger partial charge on any atom is 0.310 e. The number of esters is 3. The zero-order valence-corrected chi connectivity index (χ0v) is 51.1. The highest BCUT2D eigenvalue weighted by molar-refractivity contribution is 5.72. The van der Waals surface area contributed by atoms with Gasteiger partial charge in [0.2, 0.25) is 0 Å². The lowest BCUT2D eigenvalue weighted by Gasteiger charge is -2.18. The lowest BCUT2D eigenvalue weighted by atomic mass is 10.0. The minimum Gasteiger partial charge on any atom is -0.462 e. The van der Waals surface area contributed by atoms with Crippen LogP contribution in [0.4, 0.5) is 0 Å². The van der Waals surface area contributed by atoms with Crippen LogP contribution < -0.4 is 0 Å². The second-order valence-corrected chi connectivity index (χ2v) is 20.9. The van der Waals surface area contributed by atoms with Crippen molar-refractivity contribution in [3.8, 4) is 0 Å². The van der Waals surface area contributed by atoms with Crippen LogP contribution in [-0.2, 0) is 28.6 Å². The van der Waals surface area contributed by atoms with Gasteiger partial charge in [-0.2, -0.15) is 0 Å². The van der Waals surface area contributed by atoms with E-state index in [1.165, 1.54) is 122 Å². The first-order valence-electron chi connectivity index (χ1n) is 32.3. The van der Waals surface area contributed by atoms with Crippen LogP contribution in [-0.4, -0.2) is 37.2 Å². The van der Waals surface area contributed by atoms with Crippen molar-refractivity contribution < 1.29 is 28.6 Å². The largest absolute Gasteiger partial charge is 0.462 e. The molecule has 0 rings (SSSR count). The van der Waals surface area contributed by atoms with Gasteiger partial charge in [-0.15, -0.1) is 0 Å². The maximum absolute atomic E-state index is 12.8. The summed E-state index contributed by atoms with van der Waals surface area (Å²) in [6.45, 7) is 6.33. The van der Waals surface area contributed by atoms with Crippen LogP contribution in [0.15, 0.2) is 146 Å². The Hall–Kier alpha value is -4.71. The molecule has 0 aliphatic carbocycles. The van der Waals surface area contributed by atoms with Crippen LogP contribution >= 0.6 is 0 Å². The predicted octanol–water partition coefficient (Wildman–Crippen LogP) is 22.3. The Kier molecular flexibility index (Phi) is 61.9. The molecule has 0 aromatic carbocycles. The van der Waals surface area contributed by atoms with E-state index in [2.05, 4.69) is 154 Å². The second-order valence-electron chi connectivity index (χ2n) is 20.9. The lowest BCUT2D eigenvalue weighted by Crippen LogP contribution is -2.30. The summed E-state index contributed by atoms with van der Waals surface area (Å²) in [6.07, 6.45) is 94.6. The first-order valence-corrected chi connectivity index (χ1v) is 32.3. The monoisotopic (exact) mass is 1090 g/mol. The van der Waals surface area contributed by atoms with Gasteiger partial charge in [0, 0.05) is 12.8 Å². The third kappa shape index (κ3) is 64.0. The molecule has 0 spiro atoms. The van der Waals surface area contributed by atoms with Gasteiger partial charge in [-0.1, -0.05) is 301 Å². The van der Waals surface area contributed by atoms with Gasteiger partial charge in [-0.05, 0) is 103 Å². The fourth-order valence-electron chi connectivity index (χ4n) is 8.62. The van der Waals surface area contributed by atoms with Gasteiger partial charge in [-0.25, -0.2) is 0 Å².